The summed E-state index contributed by atoms with van der Waals surface area (Å²) in [4.78, 5) is -0.644. The highest BCUT2D eigenvalue weighted by atomic mass is 79.9. The van der Waals surface area contributed by atoms with Gasteiger partial charge in [-0.05, 0) is 28.4 Å². The standard InChI is InChI=1S/C11H11BrClFN4O2S/c1-2-5-3-8(17-16-5)18-21(19,20)7-4-6(13)9(12)11(15)10(7)14/h3-4H,2,15H2,1H3,(H2,16,17,18). The lowest BCUT2D eigenvalue weighted by Crippen LogP contribution is -2.16. The van der Waals surface area contributed by atoms with E-state index in [4.69, 9.17) is 17.3 Å². The molecule has 4 N–H and O–H groups in total. The van der Waals surface area contributed by atoms with Crippen molar-refractivity contribution in [3.8, 4) is 0 Å². The Hall–Kier alpha value is -1.32. The minimum atomic E-state index is -4.19. The third-order valence-electron chi connectivity index (χ3n) is 2.70. The smallest absolute Gasteiger partial charge is 0.266 e. The van der Waals surface area contributed by atoms with Gasteiger partial charge in [-0.3, -0.25) is 9.82 Å². The summed E-state index contributed by atoms with van der Waals surface area (Å²) in [5.74, 6) is -1.02. The van der Waals surface area contributed by atoms with Crippen LogP contribution in [0.3, 0.4) is 0 Å². The number of halogens is 3. The fraction of sp³-hybridized carbons (Fsp3) is 0.182. The van der Waals surface area contributed by atoms with E-state index in [0.717, 1.165) is 11.8 Å². The van der Waals surface area contributed by atoms with Crippen molar-refractivity contribution in [2.24, 2.45) is 0 Å². The first kappa shape index (κ1) is 16.1. The molecule has 0 saturated heterocycles. The van der Waals surface area contributed by atoms with Crippen LogP contribution >= 0.6 is 27.5 Å². The molecule has 1 aromatic carbocycles. The first-order valence-corrected chi connectivity index (χ1v) is 8.41. The predicted octanol–water partition coefficient (Wildman–Crippen LogP) is 2.91. The predicted molar refractivity (Wildman–Crippen MR) is 82.3 cm³/mol. The minimum absolute atomic E-state index is 0.00875. The van der Waals surface area contributed by atoms with Crippen LogP contribution in [-0.2, 0) is 16.4 Å². The van der Waals surface area contributed by atoms with E-state index in [-0.39, 0.29) is 21.0 Å². The van der Waals surface area contributed by atoms with E-state index in [0.29, 0.717) is 6.42 Å². The lowest BCUT2D eigenvalue weighted by atomic mass is 10.3. The Morgan fingerprint density at radius 1 is 1.52 bits per heavy atom. The molecule has 2 aromatic rings. The topological polar surface area (TPSA) is 101 Å². The quantitative estimate of drug-likeness (QED) is 0.545. The maximum absolute atomic E-state index is 14.1. The summed E-state index contributed by atoms with van der Waals surface area (Å²) in [6.45, 7) is 1.88. The number of hydrogen-bond acceptors (Lipinski definition) is 4. The average molecular weight is 398 g/mol. The monoisotopic (exact) mass is 396 g/mol. The molecule has 0 aliphatic rings. The molecule has 0 bridgehead atoms. The number of nitrogens with two attached hydrogens (primary N) is 1. The zero-order valence-electron chi connectivity index (χ0n) is 10.7. The van der Waals surface area contributed by atoms with Crippen LogP contribution in [0, 0.1) is 5.82 Å². The Labute approximate surface area is 134 Å². The van der Waals surface area contributed by atoms with Crippen LogP contribution in [0.1, 0.15) is 12.6 Å². The van der Waals surface area contributed by atoms with Crippen LogP contribution in [0.25, 0.3) is 0 Å². The molecule has 0 aliphatic heterocycles. The van der Waals surface area contributed by atoms with Gasteiger partial charge in [0.2, 0.25) is 0 Å². The van der Waals surface area contributed by atoms with Crippen molar-refractivity contribution in [2.45, 2.75) is 18.2 Å². The molecular weight excluding hydrogens is 387 g/mol. The Morgan fingerprint density at radius 2 is 2.19 bits per heavy atom. The number of aromatic amines is 1. The number of nitrogen functional groups attached to an aromatic ring is 1. The van der Waals surface area contributed by atoms with Crippen LogP contribution < -0.4 is 10.5 Å². The highest BCUT2D eigenvalue weighted by Gasteiger charge is 2.25. The van der Waals surface area contributed by atoms with E-state index in [1.807, 2.05) is 6.92 Å². The van der Waals surface area contributed by atoms with Crippen LogP contribution in [0.5, 0.6) is 0 Å². The number of aryl methyl sites for hydroxylation is 1. The highest BCUT2D eigenvalue weighted by molar-refractivity contribution is 9.10. The van der Waals surface area contributed by atoms with Crippen molar-refractivity contribution < 1.29 is 12.8 Å². The van der Waals surface area contributed by atoms with Gasteiger partial charge in [0.05, 0.1) is 15.2 Å². The average Bonchev–Trinajstić information content (AvgIpc) is 2.87. The Bertz CT molecular complexity index is 794. The number of hydrogen-bond donors (Lipinski definition) is 3. The molecule has 0 saturated carbocycles. The van der Waals surface area contributed by atoms with Crippen LogP contribution in [-0.4, -0.2) is 18.6 Å². The normalized spacial score (nSPS) is 11.6. The van der Waals surface area contributed by atoms with E-state index >= 15 is 0 Å². The van der Waals surface area contributed by atoms with Crippen molar-refractivity contribution in [1.82, 2.24) is 10.2 Å². The largest absolute Gasteiger partial charge is 0.395 e. The molecule has 0 radical (unpaired) electrons. The number of rotatable bonds is 4. The van der Waals surface area contributed by atoms with E-state index in [2.05, 4.69) is 30.8 Å². The summed E-state index contributed by atoms with van der Waals surface area (Å²) in [6, 6.07) is 2.49. The van der Waals surface area contributed by atoms with Crippen molar-refractivity contribution in [1.29, 1.82) is 0 Å². The van der Waals surface area contributed by atoms with Gasteiger partial charge >= 0.3 is 0 Å². The molecule has 10 heteroatoms. The maximum Gasteiger partial charge on any atom is 0.266 e. The summed E-state index contributed by atoms with van der Waals surface area (Å²) in [7, 11) is -4.19. The molecule has 0 fully saturated rings. The molecule has 1 heterocycles. The SMILES string of the molecule is CCc1cc(NS(=O)(=O)c2cc(Cl)c(Br)c(N)c2F)n[nH]1. The second-order valence-electron chi connectivity index (χ2n) is 4.14. The Kier molecular flexibility index (Phi) is 4.45. The second kappa shape index (κ2) is 5.82. The molecule has 0 amide bonds. The fourth-order valence-electron chi connectivity index (χ4n) is 1.58. The number of benzene rings is 1. The van der Waals surface area contributed by atoms with Gasteiger partial charge in [-0.1, -0.05) is 18.5 Å². The lowest BCUT2D eigenvalue weighted by molar-refractivity contribution is 0.572. The third-order valence-corrected chi connectivity index (χ3v) is 5.43. The van der Waals surface area contributed by atoms with Gasteiger partial charge in [0.25, 0.3) is 10.0 Å². The van der Waals surface area contributed by atoms with Gasteiger partial charge in [-0.25, -0.2) is 12.8 Å². The van der Waals surface area contributed by atoms with Gasteiger partial charge in [-0.2, -0.15) is 5.10 Å². The number of anilines is 2. The summed E-state index contributed by atoms with van der Waals surface area (Å²) >= 11 is 8.80. The van der Waals surface area contributed by atoms with Crippen molar-refractivity contribution in [3.05, 3.63) is 33.1 Å². The molecule has 0 atom stereocenters. The second-order valence-corrected chi connectivity index (χ2v) is 6.99. The number of sulfonamides is 1. The van der Waals surface area contributed by atoms with Gasteiger partial charge in [-0.15, -0.1) is 0 Å². The summed E-state index contributed by atoms with van der Waals surface area (Å²) in [5.41, 5.74) is 5.84. The molecule has 1 aromatic heterocycles. The van der Waals surface area contributed by atoms with Gasteiger partial charge in [0.15, 0.2) is 11.6 Å². The highest BCUT2D eigenvalue weighted by Crippen LogP contribution is 2.35. The van der Waals surface area contributed by atoms with Gasteiger partial charge in [0.1, 0.15) is 4.90 Å². The Balaban J connectivity index is 2.45. The summed E-state index contributed by atoms with van der Waals surface area (Å²) < 4.78 is 40.7. The van der Waals surface area contributed by atoms with Gasteiger partial charge < -0.3 is 5.73 Å². The van der Waals surface area contributed by atoms with Crippen LogP contribution in [0.4, 0.5) is 15.9 Å². The summed E-state index contributed by atoms with van der Waals surface area (Å²) in [5, 5.41) is 6.42. The molecular formula is C11H11BrClFN4O2S. The zero-order valence-corrected chi connectivity index (χ0v) is 13.9. The maximum atomic E-state index is 14.1. The van der Waals surface area contributed by atoms with Crippen molar-refractivity contribution in [3.63, 3.8) is 0 Å². The van der Waals surface area contributed by atoms with E-state index < -0.39 is 20.7 Å². The third kappa shape index (κ3) is 3.14. The molecule has 0 spiro atoms. The van der Waals surface area contributed by atoms with Crippen LogP contribution in [0.2, 0.25) is 5.02 Å². The van der Waals surface area contributed by atoms with E-state index in [1.54, 1.807) is 0 Å². The minimum Gasteiger partial charge on any atom is -0.395 e. The molecule has 6 nitrogen and oxygen atoms in total. The molecule has 0 unspecified atom stereocenters. The molecule has 114 valence electrons. The first-order valence-electron chi connectivity index (χ1n) is 5.76. The summed E-state index contributed by atoms with van der Waals surface area (Å²) in [6.07, 6.45) is 0.653. The molecule has 21 heavy (non-hydrogen) atoms. The number of H-pyrrole nitrogens is 1. The number of nitrogens with zero attached hydrogens (tertiary/aromatic N) is 1. The fourth-order valence-corrected chi connectivity index (χ4v) is 3.26. The lowest BCUT2D eigenvalue weighted by Gasteiger charge is -2.10. The van der Waals surface area contributed by atoms with Crippen LogP contribution in [0.15, 0.2) is 21.5 Å². The first-order chi connectivity index (χ1) is 9.76. The van der Waals surface area contributed by atoms with Crippen molar-refractivity contribution in [2.75, 3.05) is 10.5 Å². The van der Waals surface area contributed by atoms with E-state index in [9.17, 15) is 12.8 Å². The zero-order chi connectivity index (χ0) is 15.8. The number of aromatic nitrogens is 2. The molecule has 0 aliphatic carbocycles. The Morgan fingerprint density at radius 3 is 2.76 bits per heavy atom. The van der Waals surface area contributed by atoms with Crippen molar-refractivity contribution >= 4 is 49.1 Å². The number of nitrogens with one attached hydrogen (secondary N) is 2. The van der Waals surface area contributed by atoms with Gasteiger partial charge in [0, 0.05) is 11.8 Å². The van der Waals surface area contributed by atoms with E-state index in [1.165, 1.54) is 6.07 Å². The molecule has 2 rings (SSSR count).